The van der Waals surface area contributed by atoms with Crippen molar-refractivity contribution in [1.29, 1.82) is 0 Å². The number of unbranched alkanes of at least 4 members (excludes halogenated alkanes) is 47. The van der Waals surface area contributed by atoms with Crippen LogP contribution in [0.1, 0.15) is 380 Å². The fourth-order valence-corrected chi connectivity index (χ4v) is 15.5. The van der Waals surface area contributed by atoms with E-state index in [0.717, 1.165) is 83.5 Å². The second kappa shape index (κ2) is 72.3. The molecule has 17 unspecified atom stereocenters. The van der Waals surface area contributed by atoms with E-state index < -0.39 is 124 Å². The smallest absolute Gasteiger partial charge is 0.220 e. The Labute approximate surface area is 680 Å². The Morgan fingerprint density at radius 2 is 0.616 bits per heavy atom. The highest BCUT2D eigenvalue weighted by molar-refractivity contribution is 5.76. The van der Waals surface area contributed by atoms with Crippen molar-refractivity contribution in [3.63, 3.8) is 0 Å². The van der Waals surface area contributed by atoms with Gasteiger partial charge in [-0.1, -0.05) is 382 Å². The van der Waals surface area contributed by atoms with Crippen molar-refractivity contribution < 1.29 is 89.4 Å². The third-order valence-corrected chi connectivity index (χ3v) is 22.8. The van der Waals surface area contributed by atoms with Crippen LogP contribution in [-0.2, 0) is 33.2 Å². The van der Waals surface area contributed by atoms with Gasteiger partial charge in [-0.25, -0.2) is 0 Å². The summed E-state index contributed by atoms with van der Waals surface area (Å²) in [6, 6.07) is -0.892. The number of ether oxygens (including phenoxy) is 6. The molecule has 0 saturated carbocycles. The van der Waals surface area contributed by atoms with Crippen LogP contribution in [0.4, 0.5) is 0 Å². The number of carbonyl (C=O) groups excluding carboxylic acids is 1. The molecule has 0 aromatic heterocycles. The summed E-state index contributed by atoms with van der Waals surface area (Å²) >= 11 is 0. The van der Waals surface area contributed by atoms with E-state index in [1.807, 2.05) is 0 Å². The summed E-state index contributed by atoms with van der Waals surface area (Å²) in [7, 11) is 0. The summed E-state index contributed by atoms with van der Waals surface area (Å²) in [5, 5.41) is 121. The SMILES string of the molecule is CC/C=C\C/C=C\C/C=C\C/C=C\C/C=C\C/C=C\CCCCCCCCCCCCCCCCCCC(=O)NC(COC1OC(CO)C(OC2OC(CO)C(OC3OC(CO)C(O)C(O)C3O)C(O)C2O)C(O)C1O)C(O)CCCCCCCCCCCCCCCCCCCCCCCCCCCCCCCCCC. The molecule has 654 valence electrons. The number of nitrogens with one attached hydrogen (secondary N) is 1. The Morgan fingerprint density at radius 1 is 0.330 bits per heavy atom. The van der Waals surface area contributed by atoms with Crippen LogP contribution in [-0.4, -0.2) is 193 Å². The lowest BCUT2D eigenvalue weighted by molar-refractivity contribution is -0.379. The second-order valence-electron chi connectivity index (χ2n) is 32.7. The molecule has 3 aliphatic rings. The maximum absolute atomic E-state index is 13.6. The van der Waals surface area contributed by atoms with E-state index in [-0.39, 0.29) is 18.9 Å². The average molecular weight is 1590 g/mol. The highest BCUT2D eigenvalue weighted by Crippen LogP contribution is 2.34. The zero-order valence-corrected chi connectivity index (χ0v) is 70.7. The van der Waals surface area contributed by atoms with Gasteiger partial charge < -0.3 is 89.9 Å². The molecule has 112 heavy (non-hydrogen) atoms. The van der Waals surface area contributed by atoms with Gasteiger partial charge in [-0.15, -0.1) is 0 Å². The minimum atomic E-state index is -1.98. The largest absolute Gasteiger partial charge is 0.394 e. The van der Waals surface area contributed by atoms with E-state index >= 15 is 0 Å². The molecule has 0 aliphatic carbocycles. The van der Waals surface area contributed by atoms with E-state index in [1.54, 1.807) is 0 Å². The molecule has 17 atom stereocenters. The number of aliphatic hydroxyl groups excluding tert-OH is 11. The fourth-order valence-electron chi connectivity index (χ4n) is 15.5. The first-order chi connectivity index (χ1) is 54.8. The van der Waals surface area contributed by atoms with Gasteiger partial charge in [0.1, 0.15) is 73.2 Å². The first-order valence-electron chi connectivity index (χ1n) is 46.2. The normalized spacial score (nSPS) is 25.2. The molecule has 0 radical (unpaired) electrons. The Kier molecular flexibility index (Phi) is 66.7. The number of hydrogen-bond donors (Lipinski definition) is 12. The van der Waals surface area contributed by atoms with Crippen LogP contribution >= 0.6 is 0 Å². The minimum Gasteiger partial charge on any atom is -0.394 e. The molecule has 3 rings (SSSR count). The minimum absolute atomic E-state index is 0.238. The molecule has 3 aliphatic heterocycles. The van der Waals surface area contributed by atoms with Gasteiger partial charge >= 0.3 is 0 Å². The number of hydrogen-bond acceptors (Lipinski definition) is 18. The summed E-state index contributed by atoms with van der Waals surface area (Å²) in [6.45, 7) is 1.75. The lowest BCUT2D eigenvalue weighted by Gasteiger charge is -2.48. The number of rotatable bonds is 75. The quantitative estimate of drug-likeness (QED) is 0.0199. The molecule has 0 aromatic carbocycles. The first-order valence-corrected chi connectivity index (χ1v) is 46.2. The van der Waals surface area contributed by atoms with Crippen LogP contribution < -0.4 is 5.32 Å². The Morgan fingerprint density at radius 3 is 0.964 bits per heavy atom. The second-order valence-corrected chi connectivity index (χ2v) is 32.7. The maximum atomic E-state index is 13.6. The summed E-state index contributed by atoms with van der Waals surface area (Å²) in [5.74, 6) is -0.238. The third-order valence-electron chi connectivity index (χ3n) is 22.8. The standard InChI is InChI=1S/C93H169NO18/c1-3-5-7-9-11-13-15-17-19-21-23-25-27-29-31-33-35-37-38-39-41-43-45-47-49-51-53-55-57-59-61-63-65-67-69-71-81(99)94-76(77(98)70-68-66-64-62-60-58-56-54-52-50-48-46-44-42-40-36-34-32-30-28-26-24-22-20-18-16-14-12-10-8-6-4-2)75-107-91-87(105)84(102)89(79(73-96)109-91)112-93-88(106)85(103)90(80(74-97)110-93)111-92-86(104)83(101)82(100)78(72-95)108-92/h5,7,11,13,17,19,23,25,29,31,35,37,76-80,82-93,95-98,100-106H,3-4,6,8-10,12,14-16,18,20-22,24,26-28,30,32-34,36,38-75H2,1-2H3,(H,94,99)/b7-5-,13-11-,19-17-,25-23-,31-29-,37-35-. The van der Waals surface area contributed by atoms with Crippen molar-refractivity contribution in [2.24, 2.45) is 0 Å². The molecule has 0 aromatic rings. The van der Waals surface area contributed by atoms with Gasteiger partial charge in [0.05, 0.1) is 38.6 Å². The van der Waals surface area contributed by atoms with Crippen molar-refractivity contribution in [3.8, 4) is 0 Å². The molecule has 19 heteroatoms. The molecule has 3 heterocycles. The maximum Gasteiger partial charge on any atom is 0.220 e. The number of carbonyl (C=O) groups is 1. The van der Waals surface area contributed by atoms with Crippen molar-refractivity contribution >= 4 is 5.91 Å². The molecule has 3 saturated heterocycles. The topological polar surface area (TPSA) is 307 Å². The lowest BCUT2D eigenvalue weighted by Crippen LogP contribution is -2.66. The monoisotopic (exact) mass is 1590 g/mol. The molecular weight excluding hydrogens is 1420 g/mol. The predicted molar refractivity (Wildman–Crippen MR) is 452 cm³/mol. The van der Waals surface area contributed by atoms with Gasteiger partial charge in [-0.05, 0) is 64.2 Å². The fraction of sp³-hybridized carbons (Fsp3) is 0.860. The highest BCUT2D eigenvalue weighted by Gasteiger charge is 2.54. The van der Waals surface area contributed by atoms with Crippen LogP contribution in [0.5, 0.6) is 0 Å². The highest BCUT2D eigenvalue weighted by atomic mass is 16.8. The molecule has 3 fully saturated rings. The van der Waals surface area contributed by atoms with Crippen molar-refractivity contribution in [2.45, 2.75) is 484 Å². The van der Waals surface area contributed by atoms with Crippen LogP contribution in [0.2, 0.25) is 0 Å². The van der Waals surface area contributed by atoms with Crippen molar-refractivity contribution in [3.05, 3.63) is 72.9 Å². The Hall–Kier alpha value is -2.77. The van der Waals surface area contributed by atoms with Gasteiger partial charge in [0.2, 0.25) is 5.91 Å². The van der Waals surface area contributed by atoms with E-state index in [0.29, 0.717) is 12.8 Å². The van der Waals surface area contributed by atoms with Crippen LogP contribution in [0, 0.1) is 0 Å². The van der Waals surface area contributed by atoms with E-state index in [4.69, 9.17) is 28.4 Å². The molecule has 19 nitrogen and oxygen atoms in total. The molecule has 0 bridgehead atoms. The van der Waals surface area contributed by atoms with E-state index in [9.17, 15) is 61.0 Å². The number of aliphatic hydroxyl groups is 11. The van der Waals surface area contributed by atoms with E-state index in [1.165, 1.54) is 263 Å². The van der Waals surface area contributed by atoms with Gasteiger partial charge in [0.25, 0.3) is 0 Å². The molecule has 0 spiro atoms. The Bertz CT molecular complexity index is 2300. The summed E-state index contributed by atoms with van der Waals surface area (Å²) in [4.78, 5) is 13.6. The third kappa shape index (κ3) is 50.2. The molecular formula is C93H169NO18. The van der Waals surface area contributed by atoms with Gasteiger partial charge in [-0.3, -0.25) is 4.79 Å². The van der Waals surface area contributed by atoms with Gasteiger partial charge in [0.15, 0.2) is 18.9 Å². The molecule has 12 N–H and O–H groups in total. The zero-order valence-electron chi connectivity index (χ0n) is 70.7. The van der Waals surface area contributed by atoms with Crippen LogP contribution in [0.3, 0.4) is 0 Å². The zero-order chi connectivity index (χ0) is 81.0. The summed E-state index contributed by atoms with van der Waals surface area (Å²) < 4.78 is 34.6. The number of amides is 1. The van der Waals surface area contributed by atoms with Crippen LogP contribution in [0.25, 0.3) is 0 Å². The summed E-state index contributed by atoms with van der Waals surface area (Å²) in [6.07, 6.45) is 70.1. The predicted octanol–water partition coefficient (Wildman–Crippen LogP) is 17.9. The van der Waals surface area contributed by atoms with Crippen LogP contribution in [0.15, 0.2) is 72.9 Å². The van der Waals surface area contributed by atoms with E-state index in [2.05, 4.69) is 92.1 Å². The summed E-state index contributed by atoms with van der Waals surface area (Å²) in [5.41, 5.74) is 0. The average Bonchev–Trinajstić information content (AvgIpc) is 0.782. The Balaban J connectivity index is 1.31. The van der Waals surface area contributed by atoms with Gasteiger partial charge in [0, 0.05) is 6.42 Å². The lowest BCUT2D eigenvalue weighted by atomic mass is 9.96. The number of allylic oxidation sites excluding steroid dienone is 12. The van der Waals surface area contributed by atoms with Crippen molar-refractivity contribution in [2.75, 3.05) is 26.4 Å². The van der Waals surface area contributed by atoms with Crippen molar-refractivity contribution in [1.82, 2.24) is 5.32 Å². The van der Waals surface area contributed by atoms with Gasteiger partial charge in [-0.2, -0.15) is 0 Å². The first kappa shape index (κ1) is 103. The molecule has 1 amide bonds.